The molecule has 36 heavy (non-hydrogen) atoms. The average Bonchev–Trinajstić information content (AvgIpc) is 3.28. The van der Waals surface area contributed by atoms with Crippen molar-refractivity contribution >= 4 is 49.5 Å². The molecule has 1 aromatic heterocycles. The minimum atomic E-state index is -5.70. The molecule has 1 N–H and O–H groups in total. The van der Waals surface area contributed by atoms with Crippen molar-refractivity contribution < 1.29 is 31.1 Å². The molecule has 0 radical (unpaired) electrons. The van der Waals surface area contributed by atoms with Crippen molar-refractivity contribution in [2.75, 3.05) is 22.8 Å². The summed E-state index contributed by atoms with van der Waals surface area (Å²) in [7, 11) is -5.70. The summed E-state index contributed by atoms with van der Waals surface area (Å²) in [5.74, 6) is -0.667. The van der Waals surface area contributed by atoms with Crippen LogP contribution in [0.2, 0.25) is 0 Å². The second kappa shape index (κ2) is 11.5. The summed E-state index contributed by atoms with van der Waals surface area (Å²) in [5, 5.41) is 15.2. The number of alkyl halides is 3. The number of carbonyl (C=O) groups is 1. The average molecular weight is 549 g/mol. The van der Waals surface area contributed by atoms with Crippen molar-refractivity contribution in [3.05, 3.63) is 22.7 Å². The number of rotatable bonds is 10. The van der Waals surface area contributed by atoms with Crippen molar-refractivity contribution in [1.29, 1.82) is 0 Å². The van der Waals surface area contributed by atoms with Gasteiger partial charge in [0.05, 0.1) is 12.3 Å². The Bertz CT molecular complexity index is 1220. The predicted molar refractivity (Wildman–Crippen MR) is 130 cm³/mol. The third kappa shape index (κ3) is 6.49. The molecule has 1 unspecified atom stereocenters. The highest BCUT2D eigenvalue weighted by molar-refractivity contribution is 7.93. The fourth-order valence-electron chi connectivity index (χ4n) is 3.60. The van der Waals surface area contributed by atoms with E-state index >= 15 is 0 Å². The van der Waals surface area contributed by atoms with Crippen molar-refractivity contribution in [3.8, 4) is 0 Å². The molecular formula is C21H27F3N6O4S2. The largest absolute Gasteiger partial charge is 0.516 e. The molecule has 0 aliphatic carbocycles. The van der Waals surface area contributed by atoms with Crippen LogP contribution >= 0.6 is 11.3 Å². The van der Waals surface area contributed by atoms with Gasteiger partial charge in [0, 0.05) is 18.3 Å². The van der Waals surface area contributed by atoms with E-state index in [9.17, 15) is 26.4 Å². The molecule has 10 nitrogen and oxygen atoms in total. The van der Waals surface area contributed by atoms with Gasteiger partial charge in [0.1, 0.15) is 5.69 Å². The molecule has 1 aromatic carbocycles. The molecule has 1 atom stereocenters. The number of benzene rings is 1. The van der Waals surface area contributed by atoms with Crippen LogP contribution in [-0.4, -0.2) is 49.3 Å². The first kappa shape index (κ1) is 27.8. The van der Waals surface area contributed by atoms with E-state index in [1.54, 1.807) is 4.72 Å². The summed E-state index contributed by atoms with van der Waals surface area (Å²) in [4.78, 5) is 14.0. The lowest BCUT2D eigenvalue weighted by molar-refractivity contribution is -0.0429. The Morgan fingerprint density at radius 1 is 1.25 bits per heavy atom. The second-order valence-electron chi connectivity index (χ2n) is 8.21. The van der Waals surface area contributed by atoms with Crippen molar-refractivity contribution in [1.82, 2.24) is 10.2 Å². The fraction of sp³-hybridized carbons (Fsp3) is 0.571. The van der Waals surface area contributed by atoms with Gasteiger partial charge in [-0.15, -0.1) is 20.4 Å². The third-order valence-electron chi connectivity index (χ3n) is 5.45. The van der Waals surface area contributed by atoms with E-state index in [1.807, 2.05) is 25.7 Å². The number of azo groups is 1. The number of hydrogen-bond donors (Lipinski definition) is 1. The first-order chi connectivity index (χ1) is 17.0. The quantitative estimate of drug-likeness (QED) is 0.228. The number of esters is 1. The number of anilines is 2. The predicted octanol–water partition coefficient (Wildman–Crippen LogP) is 5.72. The Hall–Kier alpha value is -2.81. The molecule has 1 aliphatic rings. The Morgan fingerprint density at radius 3 is 2.67 bits per heavy atom. The zero-order valence-corrected chi connectivity index (χ0v) is 21.6. The van der Waals surface area contributed by atoms with Gasteiger partial charge in [-0.1, -0.05) is 31.6 Å². The standard InChI is InChI=1S/C21H27F3N6O4S2/c1-4-6-10-34-19(31)18-26-28-20(35-18)27-25-15-11-14-8-7-13(3)30(9-5-2)17(14)12-16(15)29-36(32,33)21(22,23)24/h11-13,29H,4-10H2,1-3H3. The van der Waals surface area contributed by atoms with E-state index in [1.165, 1.54) is 12.1 Å². The van der Waals surface area contributed by atoms with Gasteiger partial charge in [-0.25, -0.2) is 4.79 Å². The lowest BCUT2D eigenvalue weighted by Gasteiger charge is -2.37. The van der Waals surface area contributed by atoms with Crippen molar-refractivity contribution in [2.24, 2.45) is 10.2 Å². The zero-order chi connectivity index (χ0) is 26.5. The minimum absolute atomic E-state index is 0.0407. The number of ether oxygens (including phenoxy) is 1. The minimum Gasteiger partial charge on any atom is -0.460 e. The Morgan fingerprint density at radius 2 is 2.00 bits per heavy atom. The summed E-state index contributed by atoms with van der Waals surface area (Å²) in [6, 6.07) is 3.01. The van der Waals surface area contributed by atoms with Gasteiger partial charge in [-0.3, -0.25) is 4.72 Å². The summed E-state index contributed by atoms with van der Waals surface area (Å²) in [6.45, 7) is 6.82. The number of sulfonamides is 1. The van der Waals surface area contributed by atoms with Crippen molar-refractivity contribution in [2.45, 2.75) is 64.4 Å². The summed E-state index contributed by atoms with van der Waals surface area (Å²) in [5.41, 5.74) is -4.55. The van der Waals surface area contributed by atoms with Gasteiger partial charge in [-0.05, 0) is 50.3 Å². The van der Waals surface area contributed by atoms with Crippen LogP contribution in [0.4, 0.5) is 35.4 Å². The first-order valence-electron chi connectivity index (χ1n) is 11.4. The molecule has 0 amide bonds. The van der Waals surface area contributed by atoms with Crippen LogP contribution in [0.5, 0.6) is 0 Å². The van der Waals surface area contributed by atoms with Crippen LogP contribution in [-0.2, 0) is 21.2 Å². The molecule has 198 valence electrons. The van der Waals surface area contributed by atoms with Crippen molar-refractivity contribution in [3.63, 3.8) is 0 Å². The number of halogens is 3. The molecule has 3 rings (SSSR count). The molecule has 0 bridgehead atoms. The molecular weight excluding hydrogens is 521 g/mol. The molecule has 0 saturated carbocycles. The highest BCUT2D eigenvalue weighted by Crippen LogP contribution is 2.41. The normalized spacial score (nSPS) is 16.3. The van der Waals surface area contributed by atoms with Crippen LogP contribution in [0.25, 0.3) is 0 Å². The molecule has 0 spiro atoms. The maximum Gasteiger partial charge on any atom is 0.516 e. The van der Waals surface area contributed by atoms with Gasteiger partial charge in [0.25, 0.3) is 5.13 Å². The van der Waals surface area contributed by atoms with Gasteiger partial charge in [0.2, 0.25) is 5.01 Å². The highest BCUT2D eigenvalue weighted by Gasteiger charge is 2.46. The summed E-state index contributed by atoms with van der Waals surface area (Å²) >= 11 is 0.794. The number of nitrogens with zero attached hydrogens (tertiary/aromatic N) is 5. The van der Waals surface area contributed by atoms with Crippen LogP contribution in [0.15, 0.2) is 22.4 Å². The van der Waals surface area contributed by atoms with Gasteiger partial charge in [0.15, 0.2) is 0 Å². The van der Waals surface area contributed by atoms with Crippen LogP contribution in [0, 0.1) is 0 Å². The number of hydrogen-bond acceptors (Lipinski definition) is 10. The van der Waals surface area contributed by atoms with E-state index in [4.69, 9.17) is 4.74 Å². The second-order valence-corrected chi connectivity index (χ2v) is 10.8. The number of aromatic nitrogens is 2. The number of fused-ring (bicyclic) bond motifs is 1. The van der Waals surface area contributed by atoms with E-state index < -0.39 is 21.5 Å². The van der Waals surface area contributed by atoms with E-state index in [0.717, 1.165) is 36.2 Å². The van der Waals surface area contributed by atoms with Gasteiger partial charge in [-0.2, -0.15) is 21.6 Å². The van der Waals surface area contributed by atoms with Crippen LogP contribution in [0.1, 0.15) is 61.8 Å². The lowest BCUT2D eigenvalue weighted by atomic mass is 9.95. The maximum absolute atomic E-state index is 13.1. The van der Waals surface area contributed by atoms with Crippen LogP contribution in [0.3, 0.4) is 0 Å². The highest BCUT2D eigenvalue weighted by atomic mass is 32.2. The monoisotopic (exact) mass is 548 g/mol. The lowest BCUT2D eigenvalue weighted by Crippen LogP contribution is -2.38. The SMILES string of the molecule is CCCCOC(=O)c1nnc(N=Nc2cc3c(cc2NS(=O)(=O)C(F)(F)F)N(CCC)C(C)CC3)s1. The van der Waals surface area contributed by atoms with Gasteiger partial charge < -0.3 is 9.64 Å². The third-order valence-corrected chi connectivity index (χ3v) is 7.33. The smallest absolute Gasteiger partial charge is 0.460 e. The molecule has 2 aromatic rings. The maximum atomic E-state index is 13.1. The zero-order valence-electron chi connectivity index (χ0n) is 20.0. The Balaban J connectivity index is 1.96. The number of unbranched alkanes of at least 4 members (excludes halogenated alkanes) is 1. The molecule has 2 heterocycles. The fourth-order valence-corrected chi connectivity index (χ4v) is 4.73. The Labute approximate surface area is 211 Å². The molecule has 0 fully saturated rings. The Kier molecular flexibility index (Phi) is 8.87. The number of nitrogens with one attached hydrogen (secondary N) is 1. The number of aryl methyl sites for hydroxylation is 1. The molecule has 15 heteroatoms. The molecule has 1 aliphatic heterocycles. The van der Waals surface area contributed by atoms with E-state index in [-0.39, 0.29) is 34.2 Å². The summed E-state index contributed by atoms with van der Waals surface area (Å²) in [6.07, 6.45) is 3.80. The van der Waals surface area contributed by atoms with E-state index in [0.29, 0.717) is 25.1 Å². The topological polar surface area (TPSA) is 126 Å². The first-order valence-corrected chi connectivity index (χ1v) is 13.7. The van der Waals surface area contributed by atoms with Gasteiger partial charge >= 0.3 is 21.5 Å². The van der Waals surface area contributed by atoms with Crippen LogP contribution < -0.4 is 9.62 Å². The van der Waals surface area contributed by atoms with E-state index in [2.05, 4.69) is 20.4 Å². The summed E-state index contributed by atoms with van der Waals surface area (Å²) < 4.78 is 69.8. The number of carbonyl (C=O) groups excluding carboxylic acids is 1. The molecule has 0 saturated heterocycles.